The number of hydrogen-bond donors (Lipinski definition) is 2. The molecule has 0 fully saturated rings. The highest BCUT2D eigenvalue weighted by Crippen LogP contribution is 2.22. The van der Waals surface area contributed by atoms with Crippen LogP contribution < -0.4 is 11.1 Å². The van der Waals surface area contributed by atoms with Gasteiger partial charge >= 0.3 is 0 Å². The van der Waals surface area contributed by atoms with Gasteiger partial charge in [-0.1, -0.05) is 41.9 Å². The summed E-state index contributed by atoms with van der Waals surface area (Å²) in [7, 11) is 0. The van der Waals surface area contributed by atoms with Crippen LogP contribution in [-0.4, -0.2) is 12.5 Å². The molecule has 3 nitrogen and oxygen atoms in total. The zero-order chi connectivity index (χ0) is 14.4. The van der Waals surface area contributed by atoms with Crippen molar-refractivity contribution >= 4 is 41.3 Å². The molecule has 0 bridgehead atoms. The lowest BCUT2D eigenvalue weighted by atomic mass is 10.1. The van der Waals surface area contributed by atoms with Crippen molar-refractivity contribution in [3.8, 4) is 0 Å². The first-order valence-electron chi connectivity index (χ1n) is 6.46. The maximum absolute atomic E-state index is 11.8. The van der Waals surface area contributed by atoms with Crippen LogP contribution in [0.25, 0.3) is 0 Å². The Labute approximate surface area is 139 Å². The van der Waals surface area contributed by atoms with Gasteiger partial charge in [0.25, 0.3) is 0 Å². The second-order valence-electron chi connectivity index (χ2n) is 4.53. The van der Waals surface area contributed by atoms with Crippen LogP contribution in [0.3, 0.4) is 0 Å². The standard InChI is InChI=1S/C15H17ClN2OS.ClH/c16-14-8-6-12(20-14)7-9-15(19)18-10-13(17)11-4-2-1-3-5-11;/h1-6,8,13H,7,9-10,17H2,(H,18,19);1H. The number of amides is 1. The van der Waals surface area contributed by atoms with Crippen LogP contribution in [0, 0.1) is 0 Å². The quantitative estimate of drug-likeness (QED) is 0.841. The number of hydrogen-bond acceptors (Lipinski definition) is 3. The van der Waals surface area contributed by atoms with E-state index < -0.39 is 0 Å². The highest BCUT2D eigenvalue weighted by molar-refractivity contribution is 7.16. The van der Waals surface area contributed by atoms with Crippen molar-refractivity contribution in [2.45, 2.75) is 18.9 Å². The van der Waals surface area contributed by atoms with Crippen molar-refractivity contribution < 1.29 is 4.79 Å². The Balaban J connectivity index is 0.00000220. The van der Waals surface area contributed by atoms with Gasteiger partial charge in [-0.15, -0.1) is 23.7 Å². The molecule has 2 rings (SSSR count). The fourth-order valence-electron chi connectivity index (χ4n) is 1.85. The van der Waals surface area contributed by atoms with Crippen LogP contribution in [0.5, 0.6) is 0 Å². The van der Waals surface area contributed by atoms with E-state index in [1.54, 1.807) is 0 Å². The maximum Gasteiger partial charge on any atom is 0.220 e. The van der Waals surface area contributed by atoms with Crippen LogP contribution >= 0.6 is 35.3 Å². The SMILES string of the molecule is Cl.NC(CNC(=O)CCc1ccc(Cl)s1)c1ccccc1. The summed E-state index contributed by atoms with van der Waals surface area (Å²) in [6, 6.07) is 13.4. The van der Waals surface area contributed by atoms with Gasteiger partial charge < -0.3 is 11.1 Å². The summed E-state index contributed by atoms with van der Waals surface area (Å²) < 4.78 is 0.756. The highest BCUT2D eigenvalue weighted by Gasteiger charge is 2.08. The Kier molecular flexibility index (Phi) is 7.75. The summed E-state index contributed by atoms with van der Waals surface area (Å²) >= 11 is 7.36. The first kappa shape index (κ1) is 18.0. The number of carbonyl (C=O) groups excluding carboxylic acids is 1. The van der Waals surface area contributed by atoms with E-state index in [0.29, 0.717) is 19.4 Å². The van der Waals surface area contributed by atoms with Crippen molar-refractivity contribution in [2.75, 3.05) is 6.54 Å². The first-order chi connectivity index (χ1) is 9.65. The molecule has 0 saturated heterocycles. The molecule has 6 heteroatoms. The lowest BCUT2D eigenvalue weighted by Crippen LogP contribution is -2.31. The number of halogens is 2. The van der Waals surface area contributed by atoms with Gasteiger partial charge in [0.15, 0.2) is 0 Å². The number of rotatable bonds is 6. The Bertz CT molecular complexity index is 560. The molecule has 0 spiro atoms. The summed E-state index contributed by atoms with van der Waals surface area (Å²) in [5, 5.41) is 2.87. The monoisotopic (exact) mass is 344 g/mol. The molecule has 1 atom stereocenters. The summed E-state index contributed by atoms with van der Waals surface area (Å²) in [6.07, 6.45) is 1.17. The minimum atomic E-state index is -0.170. The molecule has 1 heterocycles. The molecular weight excluding hydrogens is 327 g/mol. The van der Waals surface area contributed by atoms with Gasteiger partial charge in [0.05, 0.1) is 4.34 Å². The molecule has 0 saturated carbocycles. The van der Waals surface area contributed by atoms with E-state index in [0.717, 1.165) is 14.8 Å². The molecule has 0 aliphatic rings. The summed E-state index contributed by atoms with van der Waals surface area (Å²) in [4.78, 5) is 12.9. The van der Waals surface area contributed by atoms with Gasteiger partial charge in [0.1, 0.15) is 0 Å². The molecule has 0 aliphatic carbocycles. The smallest absolute Gasteiger partial charge is 0.220 e. The minimum absolute atomic E-state index is 0. The number of carbonyl (C=O) groups is 1. The third kappa shape index (κ3) is 6.06. The predicted molar refractivity (Wildman–Crippen MR) is 91.3 cm³/mol. The third-order valence-electron chi connectivity index (χ3n) is 2.97. The van der Waals surface area contributed by atoms with Crippen molar-refractivity contribution in [1.82, 2.24) is 5.32 Å². The largest absolute Gasteiger partial charge is 0.354 e. The molecular formula is C15H18Cl2N2OS. The average molecular weight is 345 g/mol. The lowest BCUT2D eigenvalue weighted by molar-refractivity contribution is -0.121. The molecule has 3 N–H and O–H groups in total. The topological polar surface area (TPSA) is 55.1 Å². The average Bonchev–Trinajstić information content (AvgIpc) is 2.89. The first-order valence-corrected chi connectivity index (χ1v) is 7.66. The predicted octanol–water partition coefficient (Wildman–Crippen LogP) is 3.57. The Hall–Kier alpha value is -1.07. The van der Waals surface area contributed by atoms with Crippen LogP contribution in [0.2, 0.25) is 4.34 Å². The fraction of sp³-hybridized carbons (Fsp3) is 0.267. The van der Waals surface area contributed by atoms with Crippen molar-refractivity contribution in [3.05, 3.63) is 57.2 Å². The van der Waals surface area contributed by atoms with Crippen LogP contribution in [0.15, 0.2) is 42.5 Å². The van der Waals surface area contributed by atoms with Crippen LogP contribution in [0.1, 0.15) is 22.9 Å². The van der Waals surface area contributed by atoms with Gasteiger partial charge in [-0.05, 0) is 24.1 Å². The van der Waals surface area contributed by atoms with Crippen LogP contribution in [-0.2, 0) is 11.2 Å². The zero-order valence-electron chi connectivity index (χ0n) is 11.4. The minimum Gasteiger partial charge on any atom is -0.354 e. The molecule has 2 aromatic rings. The molecule has 1 aromatic carbocycles. The lowest BCUT2D eigenvalue weighted by Gasteiger charge is -2.13. The zero-order valence-corrected chi connectivity index (χ0v) is 13.8. The summed E-state index contributed by atoms with van der Waals surface area (Å²) in [5.41, 5.74) is 7.05. The summed E-state index contributed by atoms with van der Waals surface area (Å²) in [6.45, 7) is 0.452. The van der Waals surface area contributed by atoms with Gasteiger partial charge in [-0.3, -0.25) is 4.79 Å². The van der Waals surface area contributed by atoms with Gasteiger partial charge in [0, 0.05) is 23.9 Å². The molecule has 1 unspecified atom stereocenters. The molecule has 1 aromatic heterocycles. The second kappa shape index (κ2) is 9.05. The van der Waals surface area contributed by atoms with Crippen molar-refractivity contribution in [3.63, 3.8) is 0 Å². The molecule has 114 valence electrons. The van der Waals surface area contributed by atoms with Crippen molar-refractivity contribution in [2.24, 2.45) is 5.73 Å². The number of nitrogens with two attached hydrogens (primary N) is 1. The Morgan fingerprint density at radius 1 is 1.24 bits per heavy atom. The van der Waals surface area contributed by atoms with E-state index in [2.05, 4.69) is 5.32 Å². The number of aryl methyl sites for hydroxylation is 1. The normalized spacial score (nSPS) is 11.5. The van der Waals surface area contributed by atoms with E-state index in [1.807, 2.05) is 42.5 Å². The molecule has 0 aliphatic heterocycles. The number of benzene rings is 1. The van der Waals surface area contributed by atoms with Crippen molar-refractivity contribution in [1.29, 1.82) is 0 Å². The Morgan fingerprint density at radius 3 is 2.57 bits per heavy atom. The van der Waals surface area contributed by atoms with Gasteiger partial charge in [-0.2, -0.15) is 0 Å². The van der Waals surface area contributed by atoms with E-state index in [1.165, 1.54) is 11.3 Å². The second-order valence-corrected chi connectivity index (χ2v) is 6.33. The van der Waals surface area contributed by atoms with Gasteiger partial charge in [0.2, 0.25) is 5.91 Å². The molecule has 1 amide bonds. The Morgan fingerprint density at radius 2 is 1.95 bits per heavy atom. The fourth-order valence-corrected chi connectivity index (χ4v) is 2.94. The maximum atomic E-state index is 11.8. The van der Waals surface area contributed by atoms with Gasteiger partial charge in [-0.25, -0.2) is 0 Å². The van der Waals surface area contributed by atoms with E-state index in [4.69, 9.17) is 17.3 Å². The van der Waals surface area contributed by atoms with E-state index in [-0.39, 0.29) is 24.4 Å². The molecule has 21 heavy (non-hydrogen) atoms. The highest BCUT2D eigenvalue weighted by atomic mass is 35.5. The van der Waals surface area contributed by atoms with E-state index in [9.17, 15) is 4.79 Å². The molecule has 0 radical (unpaired) electrons. The third-order valence-corrected chi connectivity index (χ3v) is 4.27. The van der Waals surface area contributed by atoms with E-state index >= 15 is 0 Å². The summed E-state index contributed by atoms with van der Waals surface area (Å²) in [5.74, 6) is 0.0147. The number of thiophene rings is 1. The number of nitrogens with one attached hydrogen (secondary N) is 1. The van der Waals surface area contributed by atoms with Crippen LogP contribution in [0.4, 0.5) is 0 Å².